The summed E-state index contributed by atoms with van der Waals surface area (Å²) in [6.45, 7) is 6.24. The SMILES string of the molecule is C=CC(=O)N1CCN(c2nc(OCC34CCCN3C[C@H](F)C4)nc3c(F)c(-c4cccc5c4C4CC4C5)ccc23)C[C@@H]1CC#N. The van der Waals surface area contributed by atoms with E-state index in [1.54, 1.807) is 4.90 Å². The predicted molar refractivity (Wildman–Crippen MR) is 166 cm³/mol. The van der Waals surface area contributed by atoms with E-state index in [-0.39, 0.29) is 36.5 Å². The molecule has 5 aliphatic rings. The first kappa shape index (κ1) is 28.4. The van der Waals surface area contributed by atoms with Gasteiger partial charge in [0.15, 0.2) is 5.82 Å². The Kier molecular flexibility index (Phi) is 6.79. The second-order valence-electron chi connectivity index (χ2n) is 13.4. The third-order valence-corrected chi connectivity index (χ3v) is 10.8. The van der Waals surface area contributed by atoms with Crippen molar-refractivity contribution in [3.8, 4) is 23.2 Å². The molecule has 3 aromatic rings. The molecule has 1 saturated carbocycles. The van der Waals surface area contributed by atoms with E-state index in [2.05, 4.69) is 28.6 Å². The fourth-order valence-electron chi connectivity index (χ4n) is 8.60. The number of hydrogen-bond acceptors (Lipinski definition) is 7. The molecule has 0 N–H and O–H groups in total. The molecule has 232 valence electrons. The summed E-state index contributed by atoms with van der Waals surface area (Å²) in [5.74, 6) is 1.03. The molecular weight excluding hydrogens is 574 g/mol. The highest BCUT2D eigenvalue weighted by Crippen LogP contribution is 2.59. The lowest BCUT2D eigenvalue weighted by Crippen LogP contribution is -2.55. The molecule has 0 radical (unpaired) electrons. The summed E-state index contributed by atoms with van der Waals surface area (Å²) in [6.07, 6.45) is 4.95. The van der Waals surface area contributed by atoms with Gasteiger partial charge >= 0.3 is 6.01 Å². The molecule has 1 amide bonds. The van der Waals surface area contributed by atoms with Crippen molar-refractivity contribution in [3.63, 3.8) is 0 Å². The van der Waals surface area contributed by atoms with Crippen LogP contribution in [0.15, 0.2) is 43.0 Å². The zero-order valence-corrected chi connectivity index (χ0v) is 25.2. The summed E-state index contributed by atoms with van der Waals surface area (Å²) >= 11 is 0. The fraction of sp³-hybridized carbons (Fsp3) is 0.486. The quantitative estimate of drug-likeness (QED) is 0.342. The van der Waals surface area contributed by atoms with Crippen molar-refractivity contribution >= 4 is 22.6 Å². The third-order valence-electron chi connectivity index (χ3n) is 10.8. The van der Waals surface area contributed by atoms with Crippen LogP contribution in [0, 0.1) is 23.1 Å². The van der Waals surface area contributed by atoms with Crippen molar-refractivity contribution in [1.29, 1.82) is 5.26 Å². The van der Waals surface area contributed by atoms with Gasteiger partial charge in [0.25, 0.3) is 0 Å². The maximum Gasteiger partial charge on any atom is 0.319 e. The van der Waals surface area contributed by atoms with E-state index in [4.69, 9.17) is 9.72 Å². The van der Waals surface area contributed by atoms with Crippen molar-refractivity contribution in [2.45, 2.75) is 62.2 Å². The zero-order valence-electron chi connectivity index (χ0n) is 25.2. The second kappa shape index (κ2) is 10.8. The molecule has 45 heavy (non-hydrogen) atoms. The Morgan fingerprint density at radius 3 is 2.91 bits per heavy atom. The minimum atomic E-state index is -0.896. The number of rotatable bonds is 7. The number of carbonyl (C=O) groups excluding carboxylic acids is 1. The number of nitrogens with zero attached hydrogens (tertiary/aromatic N) is 6. The van der Waals surface area contributed by atoms with Gasteiger partial charge in [-0.1, -0.05) is 30.8 Å². The number of ether oxygens (including phenoxy) is 1. The number of nitriles is 1. The number of benzene rings is 2. The highest BCUT2D eigenvalue weighted by atomic mass is 19.1. The van der Waals surface area contributed by atoms with Gasteiger partial charge in [0, 0.05) is 43.5 Å². The molecule has 4 heterocycles. The lowest BCUT2D eigenvalue weighted by atomic mass is 9.93. The van der Waals surface area contributed by atoms with E-state index in [1.165, 1.54) is 17.2 Å². The van der Waals surface area contributed by atoms with Crippen molar-refractivity contribution in [2.24, 2.45) is 5.92 Å². The Morgan fingerprint density at radius 1 is 1.18 bits per heavy atom. The van der Waals surface area contributed by atoms with Crippen LogP contribution in [0.4, 0.5) is 14.6 Å². The molecule has 0 spiro atoms. The molecule has 2 aliphatic carbocycles. The third kappa shape index (κ3) is 4.66. The molecule has 0 bridgehead atoms. The number of alkyl halides is 1. The number of aromatic nitrogens is 2. The van der Waals surface area contributed by atoms with E-state index in [9.17, 15) is 14.4 Å². The lowest BCUT2D eigenvalue weighted by Gasteiger charge is -2.41. The summed E-state index contributed by atoms with van der Waals surface area (Å²) in [4.78, 5) is 27.9. The van der Waals surface area contributed by atoms with E-state index < -0.39 is 17.5 Å². The Hall–Kier alpha value is -4.10. The van der Waals surface area contributed by atoms with E-state index >= 15 is 4.39 Å². The van der Waals surface area contributed by atoms with Crippen LogP contribution in [0.5, 0.6) is 6.01 Å². The number of anilines is 1. The molecule has 8 rings (SSSR count). The average molecular weight is 611 g/mol. The first-order valence-electron chi connectivity index (χ1n) is 16.1. The van der Waals surface area contributed by atoms with Crippen molar-refractivity contribution in [1.82, 2.24) is 19.8 Å². The van der Waals surface area contributed by atoms with Gasteiger partial charge in [0.2, 0.25) is 5.91 Å². The number of fused-ring (bicyclic) bond motifs is 5. The summed E-state index contributed by atoms with van der Waals surface area (Å²) in [5, 5.41) is 10.1. The fourth-order valence-corrected chi connectivity index (χ4v) is 8.60. The average Bonchev–Trinajstić information content (AvgIpc) is 3.37. The van der Waals surface area contributed by atoms with Crippen molar-refractivity contribution in [3.05, 3.63) is 59.9 Å². The van der Waals surface area contributed by atoms with Crippen LogP contribution in [0.1, 0.15) is 49.1 Å². The summed E-state index contributed by atoms with van der Waals surface area (Å²) < 4.78 is 37.5. The van der Waals surface area contributed by atoms with Gasteiger partial charge in [-0.05, 0) is 72.9 Å². The molecule has 10 heteroatoms. The molecule has 4 fully saturated rings. The minimum absolute atomic E-state index is 0.0547. The lowest BCUT2D eigenvalue weighted by molar-refractivity contribution is -0.128. The zero-order chi connectivity index (χ0) is 30.9. The number of amides is 1. The highest BCUT2D eigenvalue weighted by molar-refractivity contribution is 5.94. The molecule has 2 aromatic carbocycles. The topological polar surface area (TPSA) is 85.6 Å². The smallest absolute Gasteiger partial charge is 0.319 e. The van der Waals surface area contributed by atoms with Crippen LogP contribution in [0.2, 0.25) is 0 Å². The highest BCUT2D eigenvalue weighted by Gasteiger charge is 2.50. The van der Waals surface area contributed by atoms with Gasteiger partial charge in [-0.15, -0.1) is 0 Å². The van der Waals surface area contributed by atoms with Crippen LogP contribution < -0.4 is 9.64 Å². The van der Waals surface area contributed by atoms with Crippen LogP contribution in [-0.2, 0) is 11.2 Å². The van der Waals surface area contributed by atoms with Crippen molar-refractivity contribution in [2.75, 3.05) is 44.2 Å². The van der Waals surface area contributed by atoms with E-state index in [1.807, 2.05) is 29.2 Å². The molecule has 3 aliphatic heterocycles. The number of hydrogen-bond donors (Lipinski definition) is 0. The normalized spacial score (nSPS) is 28.5. The Labute approximate surface area is 261 Å². The standard InChI is InChI=1S/C35H36F2N6O2/c1-2-29(44)43-14-13-41(19-24(43)9-11-38)33-27-8-7-26(25-6-3-5-21-15-22-16-28(22)30(21)25)31(37)32(27)39-34(40-33)45-20-35-10-4-12-42(35)18-23(36)17-35/h2-3,5-8,22-24,28H,1,4,9-10,12-20H2/t22?,23-,24+,28?,35?/m1/s1. The van der Waals surface area contributed by atoms with Crippen molar-refractivity contribution < 1.29 is 18.3 Å². The van der Waals surface area contributed by atoms with Gasteiger partial charge in [-0.3, -0.25) is 9.69 Å². The minimum Gasteiger partial charge on any atom is -0.461 e. The van der Waals surface area contributed by atoms with Gasteiger partial charge in [0.05, 0.1) is 24.1 Å². The monoisotopic (exact) mass is 610 g/mol. The maximum absolute atomic E-state index is 16.8. The van der Waals surface area contributed by atoms with E-state index in [0.717, 1.165) is 37.8 Å². The number of halogens is 2. The Bertz CT molecular complexity index is 1760. The Balaban J connectivity index is 1.20. The largest absolute Gasteiger partial charge is 0.461 e. The van der Waals surface area contributed by atoms with Gasteiger partial charge in [-0.2, -0.15) is 15.2 Å². The maximum atomic E-state index is 16.8. The summed E-state index contributed by atoms with van der Waals surface area (Å²) in [7, 11) is 0. The molecule has 8 nitrogen and oxygen atoms in total. The van der Waals surface area contributed by atoms with Gasteiger partial charge in [-0.25, -0.2) is 8.78 Å². The summed E-state index contributed by atoms with van der Waals surface area (Å²) in [6, 6.07) is 11.8. The molecule has 1 aromatic heterocycles. The number of piperazine rings is 1. The first-order valence-corrected chi connectivity index (χ1v) is 16.1. The van der Waals surface area contributed by atoms with Gasteiger partial charge < -0.3 is 14.5 Å². The van der Waals surface area contributed by atoms with Gasteiger partial charge in [0.1, 0.15) is 24.1 Å². The number of carbonyl (C=O) groups is 1. The molecule has 3 unspecified atom stereocenters. The van der Waals surface area contributed by atoms with Crippen LogP contribution in [-0.4, -0.2) is 82.8 Å². The second-order valence-corrected chi connectivity index (χ2v) is 13.4. The summed E-state index contributed by atoms with van der Waals surface area (Å²) in [5.41, 5.74) is 3.77. The molecule has 3 saturated heterocycles. The van der Waals surface area contributed by atoms with Crippen LogP contribution in [0.3, 0.4) is 0 Å². The Morgan fingerprint density at radius 2 is 2.07 bits per heavy atom. The van der Waals surface area contributed by atoms with Crippen LogP contribution >= 0.6 is 0 Å². The molecular formula is C35H36F2N6O2. The van der Waals surface area contributed by atoms with E-state index in [0.29, 0.717) is 61.2 Å². The van der Waals surface area contributed by atoms with Crippen LogP contribution in [0.25, 0.3) is 22.0 Å². The predicted octanol–water partition coefficient (Wildman–Crippen LogP) is 5.17. The molecule has 5 atom stereocenters. The first-order chi connectivity index (χ1) is 21.9.